The summed E-state index contributed by atoms with van der Waals surface area (Å²) in [5.41, 5.74) is 0.542. The Kier molecular flexibility index (Phi) is 8.03. The maximum absolute atomic E-state index is 12.6. The number of amides is 2. The molecule has 21 heavy (non-hydrogen) atoms. The van der Waals surface area contributed by atoms with Crippen LogP contribution in [0.15, 0.2) is 18.2 Å². The van der Waals surface area contributed by atoms with Crippen LogP contribution in [0.1, 0.15) is 37.0 Å². The lowest BCUT2D eigenvalue weighted by molar-refractivity contribution is -0.121. The average molecular weight is 423 g/mol. The number of hydrogen-bond acceptors (Lipinski definition) is 2. The van der Waals surface area contributed by atoms with Crippen molar-refractivity contribution in [1.82, 2.24) is 10.2 Å². The van der Waals surface area contributed by atoms with E-state index in [0.29, 0.717) is 23.7 Å². The van der Waals surface area contributed by atoms with E-state index in [2.05, 4.69) is 27.9 Å². The van der Waals surface area contributed by atoms with Gasteiger partial charge in [-0.3, -0.25) is 9.59 Å². The van der Waals surface area contributed by atoms with E-state index in [1.165, 1.54) is 0 Å². The first-order chi connectivity index (χ1) is 9.99. The molecule has 0 unspecified atom stereocenters. The number of carbonyl (C=O) groups excluding carboxylic acids is 2. The lowest BCUT2D eigenvalue weighted by Gasteiger charge is -2.22. The molecule has 1 rings (SSSR count). The van der Waals surface area contributed by atoms with Crippen molar-refractivity contribution in [1.29, 1.82) is 0 Å². The maximum Gasteiger partial charge on any atom is 0.255 e. The molecular weight excluding hydrogens is 403 g/mol. The van der Waals surface area contributed by atoms with E-state index in [1.807, 2.05) is 13.8 Å². The van der Waals surface area contributed by atoms with Crippen molar-refractivity contribution in [3.8, 4) is 0 Å². The first kappa shape index (κ1) is 18.2. The number of halogens is 2. The quantitative estimate of drug-likeness (QED) is 0.685. The van der Waals surface area contributed by atoms with Crippen LogP contribution < -0.4 is 5.32 Å². The van der Waals surface area contributed by atoms with Gasteiger partial charge in [0.05, 0.1) is 12.1 Å². The highest BCUT2D eigenvalue weighted by Gasteiger charge is 2.20. The van der Waals surface area contributed by atoms with Crippen molar-refractivity contribution in [2.75, 3.05) is 19.6 Å². The van der Waals surface area contributed by atoms with Crippen molar-refractivity contribution < 1.29 is 9.59 Å². The summed E-state index contributed by atoms with van der Waals surface area (Å²) >= 11 is 8.07. The van der Waals surface area contributed by atoms with Gasteiger partial charge < -0.3 is 10.2 Å². The lowest BCUT2D eigenvalue weighted by atomic mass is 10.2. The molecule has 0 radical (unpaired) electrons. The number of nitrogens with zero attached hydrogens (tertiary/aromatic N) is 1. The SMILES string of the molecule is CCCNC(=O)CN(CCC)C(=O)c1cc(Cl)ccc1I. The van der Waals surface area contributed by atoms with Gasteiger partial charge in [-0.15, -0.1) is 0 Å². The van der Waals surface area contributed by atoms with Crippen molar-refractivity contribution in [2.45, 2.75) is 26.7 Å². The van der Waals surface area contributed by atoms with E-state index in [9.17, 15) is 9.59 Å². The van der Waals surface area contributed by atoms with Crippen LogP contribution in [-0.2, 0) is 4.79 Å². The van der Waals surface area contributed by atoms with Crippen LogP contribution in [0.5, 0.6) is 0 Å². The fourth-order valence-electron chi connectivity index (χ4n) is 1.85. The molecule has 4 nitrogen and oxygen atoms in total. The zero-order chi connectivity index (χ0) is 15.8. The van der Waals surface area contributed by atoms with Gasteiger partial charge >= 0.3 is 0 Å². The summed E-state index contributed by atoms with van der Waals surface area (Å²) in [7, 11) is 0. The zero-order valence-electron chi connectivity index (χ0n) is 12.3. The molecule has 1 aromatic carbocycles. The van der Waals surface area contributed by atoms with Crippen LogP contribution in [0.4, 0.5) is 0 Å². The molecule has 6 heteroatoms. The Morgan fingerprint density at radius 2 is 2.00 bits per heavy atom. The molecule has 0 saturated carbocycles. The number of rotatable bonds is 7. The Morgan fingerprint density at radius 3 is 2.62 bits per heavy atom. The van der Waals surface area contributed by atoms with E-state index < -0.39 is 0 Å². The fraction of sp³-hybridized carbons (Fsp3) is 0.467. The maximum atomic E-state index is 12.6. The molecule has 0 aliphatic carbocycles. The molecule has 0 aromatic heterocycles. The third-order valence-corrected chi connectivity index (χ3v) is 4.02. The highest BCUT2D eigenvalue weighted by atomic mass is 127. The zero-order valence-corrected chi connectivity index (χ0v) is 15.2. The average Bonchev–Trinajstić information content (AvgIpc) is 2.46. The monoisotopic (exact) mass is 422 g/mol. The van der Waals surface area contributed by atoms with E-state index in [0.717, 1.165) is 16.4 Å². The molecule has 0 aliphatic rings. The molecule has 0 spiro atoms. The molecule has 0 aliphatic heterocycles. The molecule has 0 bridgehead atoms. The molecule has 1 N–H and O–H groups in total. The van der Waals surface area contributed by atoms with E-state index in [-0.39, 0.29) is 18.4 Å². The van der Waals surface area contributed by atoms with Gasteiger partial charge in [-0.05, 0) is 53.6 Å². The van der Waals surface area contributed by atoms with Gasteiger partial charge in [-0.1, -0.05) is 25.4 Å². The van der Waals surface area contributed by atoms with Gasteiger partial charge in [-0.2, -0.15) is 0 Å². The van der Waals surface area contributed by atoms with Crippen LogP contribution in [-0.4, -0.2) is 36.3 Å². The highest BCUT2D eigenvalue weighted by molar-refractivity contribution is 14.1. The molecule has 0 heterocycles. The summed E-state index contributed by atoms with van der Waals surface area (Å²) in [5, 5.41) is 3.31. The molecule has 0 atom stereocenters. The largest absolute Gasteiger partial charge is 0.355 e. The van der Waals surface area contributed by atoms with Gasteiger partial charge in [0, 0.05) is 21.7 Å². The smallest absolute Gasteiger partial charge is 0.255 e. The molecule has 116 valence electrons. The van der Waals surface area contributed by atoms with Crippen molar-refractivity contribution in [3.63, 3.8) is 0 Å². The van der Waals surface area contributed by atoms with Crippen molar-refractivity contribution in [2.24, 2.45) is 0 Å². The summed E-state index contributed by atoms with van der Waals surface area (Å²) in [5.74, 6) is -0.286. The van der Waals surface area contributed by atoms with Gasteiger partial charge in [0.25, 0.3) is 5.91 Å². The third kappa shape index (κ3) is 5.82. The Bertz CT molecular complexity index is 508. The number of nitrogens with one attached hydrogen (secondary N) is 1. The number of carbonyl (C=O) groups is 2. The number of benzene rings is 1. The van der Waals surface area contributed by atoms with Crippen LogP contribution in [0.2, 0.25) is 5.02 Å². The molecule has 0 saturated heterocycles. The van der Waals surface area contributed by atoms with Gasteiger partial charge in [0.15, 0.2) is 0 Å². The minimum atomic E-state index is -0.157. The third-order valence-electron chi connectivity index (χ3n) is 2.85. The summed E-state index contributed by atoms with van der Waals surface area (Å²) in [6.45, 7) is 5.22. The molecule has 0 fully saturated rings. The standard InChI is InChI=1S/C15H20ClIN2O2/c1-3-7-18-14(20)10-19(8-4-2)15(21)12-9-11(16)5-6-13(12)17/h5-6,9H,3-4,7-8,10H2,1-2H3,(H,18,20). The minimum absolute atomic E-state index is 0.0786. The Hall–Kier alpha value is -0.820. The van der Waals surface area contributed by atoms with E-state index in [4.69, 9.17) is 11.6 Å². The summed E-state index contributed by atoms with van der Waals surface area (Å²) in [6.07, 6.45) is 1.67. The topological polar surface area (TPSA) is 49.4 Å². The van der Waals surface area contributed by atoms with Crippen LogP contribution in [0, 0.1) is 3.57 Å². The fourth-order valence-corrected chi connectivity index (χ4v) is 2.59. The predicted molar refractivity (Wildman–Crippen MR) is 93.7 cm³/mol. The summed E-state index contributed by atoms with van der Waals surface area (Å²) < 4.78 is 0.831. The second-order valence-corrected chi connectivity index (χ2v) is 6.30. The van der Waals surface area contributed by atoms with Gasteiger partial charge in [0.2, 0.25) is 5.91 Å². The van der Waals surface area contributed by atoms with E-state index in [1.54, 1.807) is 23.1 Å². The Labute approximate surface area is 144 Å². The summed E-state index contributed by atoms with van der Waals surface area (Å²) in [6, 6.07) is 5.20. The van der Waals surface area contributed by atoms with Crippen LogP contribution >= 0.6 is 34.2 Å². The van der Waals surface area contributed by atoms with Crippen LogP contribution in [0.3, 0.4) is 0 Å². The minimum Gasteiger partial charge on any atom is -0.355 e. The van der Waals surface area contributed by atoms with Gasteiger partial charge in [-0.25, -0.2) is 0 Å². The Balaban J connectivity index is 2.86. The lowest BCUT2D eigenvalue weighted by Crippen LogP contribution is -2.41. The molecule has 1 aromatic rings. The molecule has 2 amide bonds. The highest BCUT2D eigenvalue weighted by Crippen LogP contribution is 2.19. The normalized spacial score (nSPS) is 10.3. The van der Waals surface area contributed by atoms with Crippen molar-refractivity contribution >= 4 is 46.0 Å². The summed E-state index contributed by atoms with van der Waals surface area (Å²) in [4.78, 5) is 26.0. The predicted octanol–water partition coefficient (Wildman–Crippen LogP) is 3.32. The van der Waals surface area contributed by atoms with Gasteiger partial charge in [0.1, 0.15) is 0 Å². The molecular formula is C15H20ClIN2O2. The number of hydrogen-bond donors (Lipinski definition) is 1. The first-order valence-corrected chi connectivity index (χ1v) is 8.46. The van der Waals surface area contributed by atoms with Crippen LogP contribution in [0.25, 0.3) is 0 Å². The second-order valence-electron chi connectivity index (χ2n) is 4.70. The van der Waals surface area contributed by atoms with Crippen molar-refractivity contribution in [3.05, 3.63) is 32.4 Å². The second kappa shape index (κ2) is 9.25. The van der Waals surface area contributed by atoms with E-state index >= 15 is 0 Å². The first-order valence-electron chi connectivity index (χ1n) is 7.00. The Morgan fingerprint density at radius 1 is 1.29 bits per heavy atom.